The maximum Gasteiger partial charge on any atom is 0.319 e. The minimum atomic E-state index is -0.296. The Morgan fingerprint density at radius 2 is 1.75 bits per heavy atom. The Labute approximate surface area is 152 Å². The summed E-state index contributed by atoms with van der Waals surface area (Å²) in [6, 6.07) is 12.5. The van der Waals surface area contributed by atoms with E-state index in [9.17, 15) is 4.79 Å². The van der Waals surface area contributed by atoms with Crippen LogP contribution in [0.15, 0.2) is 42.5 Å². The number of urea groups is 1. The van der Waals surface area contributed by atoms with E-state index in [0.29, 0.717) is 22.3 Å². The molecule has 2 aromatic carbocycles. The van der Waals surface area contributed by atoms with Crippen LogP contribution in [0.25, 0.3) is 0 Å². The van der Waals surface area contributed by atoms with E-state index in [1.54, 1.807) is 25.3 Å². The van der Waals surface area contributed by atoms with E-state index in [0.717, 1.165) is 11.3 Å². The molecule has 0 unspecified atom stereocenters. The number of halogens is 2. The van der Waals surface area contributed by atoms with Crippen molar-refractivity contribution in [1.29, 1.82) is 0 Å². The van der Waals surface area contributed by atoms with Crippen molar-refractivity contribution in [2.24, 2.45) is 0 Å². The molecule has 0 saturated carbocycles. The van der Waals surface area contributed by atoms with E-state index in [1.807, 2.05) is 24.3 Å². The number of methoxy groups -OCH3 is 1. The van der Waals surface area contributed by atoms with Crippen LogP contribution in [0.1, 0.15) is 19.4 Å². The highest BCUT2D eigenvalue weighted by Crippen LogP contribution is 2.26. The van der Waals surface area contributed by atoms with Gasteiger partial charge in [0.1, 0.15) is 5.75 Å². The van der Waals surface area contributed by atoms with Gasteiger partial charge in [-0.1, -0.05) is 49.2 Å². The SMILES string of the molecule is COc1ccc(C(C)(C)CNC(=O)Nc2ccc(Cl)c(Cl)c2)cc1. The lowest BCUT2D eigenvalue weighted by atomic mass is 9.84. The number of carbonyl (C=O) groups is 1. The van der Waals surface area contributed by atoms with Gasteiger partial charge in [-0.15, -0.1) is 0 Å². The summed E-state index contributed by atoms with van der Waals surface area (Å²) < 4.78 is 5.16. The van der Waals surface area contributed by atoms with Crippen molar-refractivity contribution >= 4 is 34.9 Å². The van der Waals surface area contributed by atoms with E-state index >= 15 is 0 Å². The predicted octanol–water partition coefficient (Wildman–Crippen LogP) is 5.10. The Bertz CT molecular complexity index is 715. The van der Waals surface area contributed by atoms with E-state index < -0.39 is 0 Å². The molecule has 6 heteroatoms. The molecule has 0 radical (unpaired) electrons. The lowest BCUT2D eigenvalue weighted by Crippen LogP contribution is -2.38. The Morgan fingerprint density at radius 1 is 1.08 bits per heavy atom. The van der Waals surface area contributed by atoms with Gasteiger partial charge in [-0.3, -0.25) is 0 Å². The minimum Gasteiger partial charge on any atom is -0.497 e. The molecule has 0 fully saturated rings. The van der Waals surface area contributed by atoms with Crippen molar-refractivity contribution in [1.82, 2.24) is 5.32 Å². The van der Waals surface area contributed by atoms with Gasteiger partial charge in [-0.25, -0.2) is 4.79 Å². The minimum absolute atomic E-state index is 0.221. The van der Waals surface area contributed by atoms with Gasteiger partial charge in [0, 0.05) is 17.6 Å². The molecule has 128 valence electrons. The molecule has 0 aliphatic carbocycles. The Balaban J connectivity index is 1.94. The highest BCUT2D eigenvalue weighted by atomic mass is 35.5. The van der Waals surface area contributed by atoms with Gasteiger partial charge < -0.3 is 15.4 Å². The predicted molar refractivity (Wildman–Crippen MR) is 99.5 cm³/mol. The number of ether oxygens (including phenoxy) is 1. The van der Waals surface area contributed by atoms with Crippen LogP contribution in [-0.2, 0) is 5.41 Å². The molecule has 2 amide bonds. The third-order valence-electron chi connectivity index (χ3n) is 3.74. The zero-order valence-electron chi connectivity index (χ0n) is 13.8. The molecule has 0 spiro atoms. The van der Waals surface area contributed by atoms with Crippen molar-refractivity contribution in [3.63, 3.8) is 0 Å². The number of hydrogen-bond acceptors (Lipinski definition) is 2. The Kier molecular flexibility index (Phi) is 5.97. The molecular weight excluding hydrogens is 347 g/mol. The van der Waals surface area contributed by atoms with Gasteiger partial charge in [0.05, 0.1) is 17.2 Å². The summed E-state index contributed by atoms with van der Waals surface area (Å²) in [7, 11) is 1.63. The van der Waals surface area contributed by atoms with Crippen molar-refractivity contribution in [2.45, 2.75) is 19.3 Å². The number of amides is 2. The number of rotatable bonds is 5. The van der Waals surface area contributed by atoms with Gasteiger partial charge >= 0.3 is 6.03 Å². The van der Waals surface area contributed by atoms with Crippen molar-refractivity contribution in [2.75, 3.05) is 19.0 Å². The third-order valence-corrected chi connectivity index (χ3v) is 4.48. The second kappa shape index (κ2) is 7.77. The number of carbonyl (C=O) groups excluding carboxylic acids is 1. The summed E-state index contributed by atoms with van der Waals surface area (Å²) in [6.45, 7) is 4.61. The molecule has 0 aliphatic heterocycles. The average Bonchev–Trinajstić information content (AvgIpc) is 2.56. The van der Waals surface area contributed by atoms with Gasteiger partial charge in [-0.2, -0.15) is 0 Å². The molecule has 0 atom stereocenters. The molecular formula is C18H20Cl2N2O2. The zero-order valence-corrected chi connectivity index (χ0v) is 15.3. The quantitative estimate of drug-likeness (QED) is 0.772. The molecule has 0 heterocycles. The second-order valence-electron chi connectivity index (χ2n) is 6.05. The van der Waals surface area contributed by atoms with Crippen LogP contribution >= 0.6 is 23.2 Å². The summed E-state index contributed by atoms with van der Waals surface area (Å²) in [5, 5.41) is 6.46. The number of anilines is 1. The van der Waals surface area contributed by atoms with Gasteiger partial charge in [0.25, 0.3) is 0 Å². The first-order chi connectivity index (χ1) is 11.3. The molecule has 0 saturated heterocycles. The highest BCUT2D eigenvalue weighted by molar-refractivity contribution is 6.42. The normalized spacial score (nSPS) is 11.0. The summed E-state index contributed by atoms with van der Waals surface area (Å²) >= 11 is 11.8. The second-order valence-corrected chi connectivity index (χ2v) is 6.86. The Hall–Kier alpha value is -1.91. The number of hydrogen-bond donors (Lipinski definition) is 2. The maximum atomic E-state index is 12.1. The first kappa shape index (κ1) is 18.4. The van der Waals surface area contributed by atoms with Crippen LogP contribution in [-0.4, -0.2) is 19.7 Å². The van der Waals surface area contributed by atoms with E-state index in [1.165, 1.54) is 0 Å². The fourth-order valence-corrected chi connectivity index (χ4v) is 2.49. The summed E-state index contributed by atoms with van der Waals surface area (Å²) in [5.41, 5.74) is 1.48. The van der Waals surface area contributed by atoms with Crippen LogP contribution in [0.2, 0.25) is 10.0 Å². The van der Waals surface area contributed by atoms with Crippen LogP contribution < -0.4 is 15.4 Å². The lowest BCUT2D eigenvalue weighted by molar-refractivity contribution is 0.249. The topological polar surface area (TPSA) is 50.4 Å². The van der Waals surface area contributed by atoms with E-state index in [4.69, 9.17) is 27.9 Å². The van der Waals surface area contributed by atoms with Gasteiger partial charge in [0.2, 0.25) is 0 Å². The summed E-state index contributed by atoms with van der Waals surface area (Å²) in [4.78, 5) is 12.1. The van der Waals surface area contributed by atoms with Crippen LogP contribution in [0.4, 0.5) is 10.5 Å². The molecule has 2 N–H and O–H groups in total. The molecule has 2 aromatic rings. The molecule has 0 aliphatic rings. The third kappa shape index (κ3) is 4.79. The summed E-state index contributed by atoms with van der Waals surface area (Å²) in [5.74, 6) is 0.805. The standard InChI is InChI=1S/C18H20Cl2N2O2/c1-18(2,12-4-7-14(24-3)8-5-12)11-21-17(23)22-13-6-9-15(19)16(20)10-13/h4-10H,11H2,1-3H3,(H2,21,22,23). The Morgan fingerprint density at radius 3 is 2.33 bits per heavy atom. The molecule has 0 bridgehead atoms. The monoisotopic (exact) mass is 366 g/mol. The average molecular weight is 367 g/mol. The van der Waals surface area contributed by atoms with Crippen LogP contribution in [0.3, 0.4) is 0 Å². The first-order valence-corrected chi connectivity index (χ1v) is 8.22. The maximum absolute atomic E-state index is 12.1. The van der Waals surface area contributed by atoms with E-state index in [-0.39, 0.29) is 11.4 Å². The molecule has 2 rings (SSSR count). The van der Waals surface area contributed by atoms with E-state index in [2.05, 4.69) is 24.5 Å². The molecule has 0 aromatic heterocycles. The largest absolute Gasteiger partial charge is 0.497 e. The van der Waals surface area contributed by atoms with Crippen molar-refractivity contribution < 1.29 is 9.53 Å². The smallest absolute Gasteiger partial charge is 0.319 e. The fraction of sp³-hybridized carbons (Fsp3) is 0.278. The fourth-order valence-electron chi connectivity index (χ4n) is 2.19. The first-order valence-electron chi connectivity index (χ1n) is 7.46. The lowest BCUT2D eigenvalue weighted by Gasteiger charge is -2.26. The van der Waals surface area contributed by atoms with Crippen LogP contribution in [0.5, 0.6) is 5.75 Å². The van der Waals surface area contributed by atoms with Crippen molar-refractivity contribution in [3.05, 3.63) is 58.1 Å². The number of nitrogens with one attached hydrogen (secondary N) is 2. The van der Waals surface area contributed by atoms with Crippen molar-refractivity contribution in [3.8, 4) is 5.75 Å². The highest BCUT2D eigenvalue weighted by Gasteiger charge is 2.21. The zero-order chi connectivity index (χ0) is 17.7. The number of benzene rings is 2. The molecule has 24 heavy (non-hydrogen) atoms. The van der Waals surface area contributed by atoms with Crippen LogP contribution in [0, 0.1) is 0 Å². The molecule has 4 nitrogen and oxygen atoms in total. The van der Waals surface area contributed by atoms with Gasteiger partial charge in [0.15, 0.2) is 0 Å². The van der Waals surface area contributed by atoms with Gasteiger partial charge in [-0.05, 0) is 35.9 Å². The summed E-state index contributed by atoms with van der Waals surface area (Å²) in [6.07, 6.45) is 0.